The molecule has 0 aliphatic carbocycles. The third-order valence-corrected chi connectivity index (χ3v) is 2.48. The van der Waals surface area contributed by atoms with Gasteiger partial charge in [0, 0.05) is 11.1 Å². The fourth-order valence-corrected chi connectivity index (χ4v) is 1.40. The van der Waals surface area contributed by atoms with Gasteiger partial charge in [-0.2, -0.15) is 0 Å². The molecular weight excluding hydrogens is 196 g/mol. The molecule has 0 heterocycles. The Kier molecular flexibility index (Phi) is 3.77. The van der Waals surface area contributed by atoms with Gasteiger partial charge in [0.15, 0.2) is 5.05 Å². The highest BCUT2D eigenvalue weighted by atomic mass is 32.1. The first-order chi connectivity index (χ1) is 6.72. The summed E-state index contributed by atoms with van der Waals surface area (Å²) in [4.78, 5) is 10.8. The van der Waals surface area contributed by atoms with Gasteiger partial charge in [-0.3, -0.25) is 4.79 Å². The van der Waals surface area contributed by atoms with Crippen molar-refractivity contribution in [2.24, 2.45) is 0 Å². The first-order valence-electron chi connectivity index (χ1n) is 4.39. The number of aryl methyl sites for hydroxylation is 1. The van der Waals surface area contributed by atoms with E-state index in [0.717, 1.165) is 23.8 Å². The number of benzene rings is 1. The van der Waals surface area contributed by atoms with Crippen LogP contribution in [0.15, 0.2) is 18.2 Å². The van der Waals surface area contributed by atoms with Gasteiger partial charge in [0.1, 0.15) is 6.29 Å². The molecule has 1 aromatic rings. The predicted molar refractivity (Wildman–Crippen MR) is 59.9 cm³/mol. The van der Waals surface area contributed by atoms with Gasteiger partial charge >= 0.3 is 0 Å². The number of carbonyl (C=O) groups is 1. The lowest BCUT2D eigenvalue weighted by molar-refractivity contribution is 0.112. The Bertz CT molecular complexity index is 358. The molecule has 0 bridgehead atoms. The Morgan fingerprint density at radius 1 is 1.57 bits per heavy atom. The first-order valence-corrected chi connectivity index (χ1v) is 4.80. The van der Waals surface area contributed by atoms with E-state index in [1.165, 1.54) is 7.11 Å². The van der Waals surface area contributed by atoms with Gasteiger partial charge in [-0.1, -0.05) is 19.1 Å². The fraction of sp³-hybridized carbons (Fsp3) is 0.273. The normalized spacial score (nSPS) is 9.57. The van der Waals surface area contributed by atoms with Gasteiger partial charge in [-0.15, -0.1) is 0 Å². The Balaban J connectivity index is 3.13. The van der Waals surface area contributed by atoms with Gasteiger partial charge in [-0.25, -0.2) is 0 Å². The van der Waals surface area contributed by atoms with Crippen LogP contribution in [0.3, 0.4) is 0 Å². The summed E-state index contributed by atoms with van der Waals surface area (Å²) in [6.45, 7) is 2.01. The second-order valence-electron chi connectivity index (χ2n) is 2.88. The maximum atomic E-state index is 10.8. The Morgan fingerprint density at radius 2 is 2.29 bits per heavy atom. The molecule has 0 aliphatic rings. The summed E-state index contributed by atoms with van der Waals surface area (Å²) >= 11 is 4.97. The molecule has 2 nitrogen and oxygen atoms in total. The number of hydrogen-bond acceptors (Lipinski definition) is 3. The van der Waals surface area contributed by atoms with Crippen LogP contribution in [0.1, 0.15) is 28.4 Å². The Morgan fingerprint density at radius 3 is 2.79 bits per heavy atom. The highest BCUT2D eigenvalue weighted by Gasteiger charge is 2.05. The zero-order valence-corrected chi connectivity index (χ0v) is 9.06. The molecule has 1 aromatic carbocycles. The van der Waals surface area contributed by atoms with E-state index in [1.807, 2.05) is 19.1 Å². The number of hydrogen-bond donors (Lipinski definition) is 0. The smallest absolute Gasteiger partial charge is 0.190 e. The summed E-state index contributed by atoms with van der Waals surface area (Å²) in [6, 6.07) is 5.54. The van der Waals surface area contributed by atoms with E-state index in [-0.39, 0.29) is 0 Å². The zero-order valence-electron chi connectivity index (χ0n) is 8.24. The van der Waals surface area contributed by atoms with Crippen molar-refractivity contribution < 1.29 is 9.53 Å². The van der Waals surface area contributed by atoms with Crippen LogP contribution in [0.4, 0.5) is 0 Å². The average molecular weight is 208 g/mol. The van der Waals surface area contributed by atoms with Crippen molar-refractivity contribution in [2.45, 2.75) is 13.3 Å². The molecule has 1 rings (SSSR count). The summed E-state index contributed by atoms with van der Waals surface area (Å²) in [5.41, 5.74) is 2.49. The topological polar surface area (TPSA) is 26.3 Å². The maximum Gasteiger partial charge on any atom is 0.190 e. The second-order valence-corrected chi connectivity index (χ2v) is 3.25. The van der Waals surface area contributed by atoms with Crippen LogP contribution < -0.4 is 0 Å². The first kappa shape index (κ1) is 10.9. The largest absolute Gasteiger partial charge is 0.486 e. The van der Waals surface area contributed by atoms with E-state index < -0.39 is 0 Å². The molecule has 0 aliphatic heterocycles. The summed E-state index contributed by atoms with van der Waals surface area (Å²) in [5, 5.41) is 0.413. The van der Waals surface area contributed by atoms with E-state index in [9.17, 15) is 4.79 Å². The van der Waals surface area contributed by atoms with Gasteiger partial charge < -0.3 is 4.74 Å². The minimum absolute atomic E-state index is 0.413. The van der Waals surface area contributed by atoms with E-state index in [1.54, 1.807) is 6.07 Å². The second kappa shape index (κ2) is 4.86. The lowest BCUT2D eigenvalue weighted by atomic mass is 10.0. The van der Waals surface area contributed by atoms with Crippen LogP contribution in [0.25, 0.3) is 0 Å². The number of thiocarbonyl (C=S) groups is 1. The molecule has 0 radical (unpaired) electrons. The quantitative estimate of drug-likeness (QED) is 0.563. The predicted octanol–water partition coefficient (Wildman–Crippen LogP) is 2.38. The average Bonchev–Trinajstić information content (AvgIpc) is 2.26. The minimum Gasteiger partial charge on any atom is -0.486 e. The number of carbonyl (C=O) groups excluding carboxylic acids is 1. The molecule has 0 aromatic heterocycles. The van der Waals surface area contributed by atoms with Crippen molar-refractivity contribution in [2.75, 3.05) is 7.11 Å². The Hall–Kier alpha value is -1.22. The molecule has 0 unspecified atom stereocenters. The molecule has 0 N–H and O–H groups in total. The highest BCUT2D eigenvalue weighted by molar-refractivity contribution is 7.80. The molecule has 0 atom stereocenters. The van der Waals surface area contributed by atoms with Gasteiger partial charge in [0.2, 0.25) is 0 Å². The number of ether oxygens (including phenoxy) is 1. The monoisotopic (exact) mass is 208 g/mol. The van der Waals surface area contributed by atoms with E-state index in [4.69, 9.17) is 17.0 Å². The van der Waals surface area contributed by atoms with Crippen LogP contribution in [0.5, 0.6) is 0 Å². The van der Waals surface area contributed by atoms with Crippen LogP contribution in [-0.2, 0) is 11.2 Å². The third kappa shape index (κ3) is 2.17. The summed E-state index contributed by atoms with van der Waals surface area (Å²) in [5.74, 6) is 0. The van der Waals surface area contributed by atoms with Crippen molar-refractivity contribution in [1.29, 1.82) is 0 Å². The summed E-state index contributed by atoms with van der Waals surface area (Å²) < 4.78 is 4.92. The SMILES string of the molecule is CCc1ccc(C(=S)OC)cc1C=O. The highest BCUT2D eigenvalue weighted by Crippen LogP contribution is 2.12. The molecule has 0 amide bonds. The van der Waals surface area contributed by atoms with Crippen molar-refractivity contribution in [1.82, 2.24) is 0 Å². The summed E-state index contributed by atoms with van der Waals surface area (Å²) in [7, 11) is 1.52. The lowest BCUT2D eigenvalue weighted by Gasteiger charge is -2.06. The number of rotatable bonds is 3. The molecule has 0 saturated heterocycles. The van der Waals surface area contributed by atoms with Crippen LogP contribution in [0, 0.1) is 0 Å². The van der Waals surface area contributed by atoms with Gasteiger partial charge in [0.25, 0.3) is 0 Å². The number of aldehydes is 1. The molecule has 74 valence electrons. The van der Waals surface area contributed by atoms with Crippen LogP contribution in [-0.4, -0.2) is 18.4 Å². The third-order valence-electron chi connectivity index (χ3n) is 2.07. The standard InChI is InChI=1S/C11H12O2S/c1-3-8-4-5-9(11(14)13-2)6-10(8)7-12/h4-7H,3H2,1-2H3. The zero-order chi connectivity index (χ0) is 10.6. The van der Waals surface area contributed by atoms with Crippen LogP contribution in [0.2, 0.25) is 0 Å². The molecule has 0 saturated carbocycles. The number of methoxy groups -OCH3 is 1. The lowest BCUT2D eigenvalue weighted by Crippen LogP contribution is -2.02. The molecule has 3 heteroatoms. The molecular formula is C11H12O2S. The fourth-order valence-electron chi connectivity index (χ4n) is 1.27. The molecule has 0 fully saturated rings. The van der Waals surface area contributed by atoms with Crippen molar-refractivity contribution >= 4 is 23.6 Å². The van der Waals surface area contributed by atoms with Crippen molar-refractivity contribution in [3.63, 3.8) is 0 Å². The Labute approximate surface area is 88.9 Å². The summed E-state index contributed by atoms with van der Waals surface area (Å²) in [6.07, 6.45) is 1.69. The van der Waals surface area contributed by atoms with Crippen molar-refractivity contribution in [3.05, 3.63) is 34.9 Å². The van der Waals surface area contributed by atoms with Crippen LogP contribution >= 0.6 is 12.2 Å². The van der Waals surface area contributed by atoms with E-state index >= 15 is 0 Å². The van der Waals surface area contributed by atoms with E-state index in [0.29, 0.717) is 10.6 Å². The van der Waals surface area contributed by atoms with Crippen molar-refractivity contribution in [3.8, 4) is 0 Å². The van der Waals surface area contributed by atoms with Gasteiger partial charge in [-0.05, 0) is 30.3 Å². The van der Waals surface area contributed by atoms with Gasteiger partial charge in [0.05, 0.1) is 7.11 Å². The minimum atomic E-state index is 0.413. The molecule has 0 spiro atoms. The van der Waals surface area contributed by atoms with E-state index in [2.05, 4.69) is 0 Å². The maximum absolute atomic E-state index is 10.8. The molecule has 14 heavy (non-hydrogen) atoms.